The lowest BCUT2D eigenvalue weighted by molar-refractivity contribution is -0.129. The van der Waals surface area contributed by atoms with Crippen molar-refractivity contribution >= 4 is 17.6 Å². The highest BCUT2D eigenvalue weighted by Gasteiger charge is 2.50. The third-order valence-electron chi connectivity index (χ3n) is 5.91. The molecule has 0 unspecified atom stereocenters. The van der Waals surface area contributed by atoms with Crippen LogP contribution in [0.25, 0.3) is 0 Å². The molecular formula is C20H29N3O4. The Morgan fingerprint density at radius 3 is 2.81 bits per heavy atom. The Hall–Kier alpha value is -2.28. The standard InChI is InChI=1S/C20H29N3O4/c1-13-10-17-14(11-19(24)23(17)8-9-26-2)15(13)12-21-20(25)22-16-6-4-5-7-18(16)27-3/h4-7,13-15,17H,8-12H2,1-3H3,(H2,21,22,25)/t13-,14-,15+,17+/m0/s1. The number of methoxy groups -OCH3 is 2. The fourth-order valence-corrected chi connectivity index (χ4v) is 4.55. The maximum atomic E-state index is 12.4. The van der Waals surface area contributed by atoms with Crippen LogP contribution in [0.3, 0.4) is 0 Å². The summed E-state index contributed by atoms with van der Waals surface area (Å²) in [6.45, 7) is 3.99. The van der Waals surface area contributed by atoms with E-state index in [0.29, 0.717) is 55.3 Å². The van der Waals surface area contributed by atoms with Crippen LogP contribution in [-0.4, -0.2) is 56.8 Å². The number of carbonyl (C=O) groups is 2. The molecule has 0 aromatic heterocycles. The van der Waals surface area contributed by atoms with Gasteiger partial charge in [-0.3, -0.25) is 4.79 Å². The van der Waals surface area contributed by atoms with Gasteiger partial charge in [-0.2, -0.15) is 0 Å². The number of nitrogens with one attached hydrogen (secondary N) is 2. The molecule has 1 aliphatic carbocycles. The molecule has 1 aromatic carbocycles. The van der Waals surface area contributed by atoms with E-state index in [1.54, 1.807) is 26.4 Å². The number of nitrogens with zero attached hydrogens (tertiary/aromatic N) is 1. The number of likely N-dealkylation sites (tertiary alicyclic amines) is 1. The normalized spacial score (nSPS) is 26.8. The SMILES string of the molecule is COCCN1C(=O)C[C@H]2[C@H](CNC(=O)Nc3ccccc3OC)[C@@H](C)C[C@H]21. The van der Waals surface area contributed by atoms with Crippen LogP contribution in [0.5, 0.6) is 5.75 Å². The molecule has 3 amide bonds. The second kappa shape index (κ2) is 8.61. The van der Waals surface area contributed by atoms with Crippen molar-refractivity contribution in [2.24, 2.45) is 17.8 Å². The Morgan fingerprint density at radius 2 is 2.07 bits per heavy atom. The van der Waals surface area contributed by atoms with Gasteiger partial charge >= 0.3 is 6.03 Å². The average Bonchev–Trinajstić information content (AvgIpc) is 3.12. The van der Waals surface area contributed by atoms with Gasteiger partial charge in [0.2, 0.25) is 5.91 Å². The van der Waals surface area contributed by atoms with Crippen LogP contribution in [0.2, 0.25) is 0 Å². The van der Waals surface area contributed by atoms with E-state index in [1.807, 2.05) is 17.0 Å². The topological polar surface area (TPSA) is 79.9 Å². The van der Waals surface area contributed by atoms with Crippen molar-refractivity contribution in [3.63, 3.8) is 0 Å². The molecule has 0 spiro atoms. The van der Waals surface area contributed by atoms with Crippen LogP contribution in [-0.2, 0) is 9.53 Å². The number of para-hydroxylation sites is 2. The van der Waals surface area contributed by atoms with Crippen LogP contribution in [0.4, 0.5) is 10.5 Å². The number of rotatable bonds is 7. The Kier molecular flexibility index (Phi) is 6.21. The van der Waals surface area contributed by atoms with Crippen molar-refractivity contribution in [3.8, 4) is 5.75 Å². The number of fused-ring (bicyclic) bond motifs is 1. The fraction of sp³-hybridized carbons (Fsp3) is 0.600. The molecule has 2 aliphatic rings. The van der Waals surface area contributed by atoms with Crippen molar-refractivity contribution in [3.05, 3.63) is 24.3 Å². The van der Waals surface area contributed by atoms with Gasteiger partial charge in [-0.25, -0.2) is 4.79 Å². The maximum absolute atomic E-state index is 12.4. The van der Waals surface area contributed by atoms with Crippen molar-refractivity contribution < 1.29 is 19.1 Å². The van der Waals surface area contributed by atoms with Gasteiger partial charge in [-0.15, -0.1) is 0 Å². The Balaban J connectivity index is 1.56. The number of ether oxygens (including phenoxy) is 2. The van der Waals surface area contributed by atoms with E-state index in [-0.39, 0.29) is 18.0 Å². The van der Waals surface area contributed by atoms with Gasteiger partial charge in [0, 0.05) is 32.7 Å². The molecule has 1 aromatic rings. The number of hydrogen-bond acceptors (Lipinski definition) is 4. The number of benzene rings is 1. The third-order valence-corrected chi connectivity index (χ3v) is 5.91. The Labute approximate surface area is 160 Å². The molecule has 7 nitrogen and oxygen atoms in total. The lowest BCUT2D eigenvalue weighted by Gasteiger charge is -2.24. The van der Waals surface area contributed by atoms with Gasteiger partial charge < -0.3 is 25.0 Å². The highest BCUT2D eigenvalue weighted by atomic mass is 16.5. The number of anilines is 1. The zero-order valence-corrected chi connectivity index (χ0v) is 16.2. The predicted octanol–water partition coefficient (Wildman–Crippen LogP) is 2.34. The van der Waals surface area contributed by atoms with Crippen molar-refractivity contribution in [1.29, 1.82) is 0 Å². The van der Waals surface area contributed by atoms with Gasteiger partial charge in [-0.05, 0) is 36.3 Å². The molecule has 1 saturated heterocycles. The molecule has 2 N–H and O–H groups in total. The molecule has 4 atom stereocenters. The summed E-state index contributed by atoms with van der Waals surface area (Å²) in [7, 11) is 3.23. The van der Waals surface area contributed by atoms with Gasteiger partial charge in [0.05, 0.1) is 19.4 Å². The van der Waals surface area contributed by atoms with Crippen molar-refractivity contribution in [2.75, 3.05) is 39.2 Å². The van der Waals surface area contributed by atoms with Crippen LogP contribution in [0.1, 0.15) is 19.8 Å². The minimum Gasteiger partial charge on any atom is -0.495 e. The number of carbonyl (C=O) groups excluding carboxylic acids is 2. The second-order valence-corrected chi connectivity index (χ2v) is 7.43. The molecule has 0 radical (unpaired) electrons. The van der Waals surface area contributed by atoms with E-state index < -0.39 is 0 Å². The first-order valence-corrected chi connectivity index (χ1v) is 9.51. The largest absolute Gasteiger partial charge is 0.495 e. The Bertz CT molecular complexity index is 681. The van der Waals surface area contributed by atoms with Crippen LogP contribution in [0.15, 0.2) is 24.3 Å². The van der Waals surface area contributed by atoms with Gasteiger partial charge in [0.15, 0.2) is 0 Å². The molecule has 2 fully saturated rings. The minimum absolute atomic E-state index is 0.206. The quantitative estimate of drug-likeness (QED) is 0.767. The molecule has 0 bridgehead atoms. The van der Waals surface area contributed by atoms with Gasteiger partial charge in [0.25, 0.3) is 0 Å². The lowest BCUT2D eigenvalue weighted by atomic mass is 9.88. The highest BCUT2D eigenvalue weighted by Crippen LogP contribution is 2.45. The Morgan fingerprint density at radius 1 is 1.30 bits per heavy atom. The summed E-state index contributed by atoms with van der Waals surface area (Å²) < 4.78 is 10.4. The fourth-order valence-electron chi connectivity index (χ4n) is 4.55. The van der Waals surface area contributed by atoms with Crippen LogP contribution >= 0.6 is 0 Å². The zero-order chi connectivity index (χ0) is 19.4. The monoisotopic (exact) mass is 375 g/mol. The van der Waals surface area contributed by atoms with Crippen LogP contribution in [0, 0.1) is 17.8 Å². The first kappa shape index (κ1) is 19.5. The summed E-state index contributed by atoms with van der Waals surface area (Å²) in [4.78, 5) is 26.7. The summed E-state index contributed by atoms with van der Waals surface area (Å²) in [5.74, 6) is 1.89. The van der Waals surface area contributed by atoms with E-state index in [1.165, 1.54) is 0 Å². The first-order chi connectivity index (χ1) is 13.0. The minimum atomic E-state index is -0.254. The molecule has 1 aliphatic heterocycles. The second-order valence-electron chi connectivity index (χ2n) is 7.43. The van der Waals surface area contributed by atoms with Crippen molar-refractivity contribution in [2.45, 2.75) is 25.8 Å². The maximum Gasteiger partial charge on any atom is 0.319 e. The van der Waals surface area contributed by atoms with Crippen LogP contribution < -0.4 is 15.4 Å². The molecule has 148 valence electrons. The summed E-state index contributed by atoms with van der Waals surface area (Å²) in [6.07, 6.45) is 1.56. The predicted molar refractivity (Wildman–Crippen MR) is 103 cm³/mol. The lowest BCUT2D eigenvalue weighted by Crippen LogP contribution is -2.37. The van der Waals surface area contributed by atoms with Gasteiger partial charge in [0.1, 0.15) is 5.75 Å². The smallest absolute Gasteiger partial charge is 0.319 e. The molecule has 3 rings (SSSR count). The molecule has 1 saturated carbocycles. The summed E-state index contributed by atoms with van der Waals surface area (Å²) in [5.41, 5.74) is 0.636. The third kappa shape index (κ3) is 4.18. The zero-order valence-electron chi connectivity index (χ0n) is 16.2. The van der Waals surface area contributed by atoms with Crippen molar-refractivity contribution in [1.82, 2.24) is 10.2 Å². The average molecular weight is 375 g/mol. The molecular weight excluding hydrogens is 346 g/mol. The highest BCUT2D eigenvalue weighted by molar-refractivity contribution is 5.90. The summed E-state index contributed by atoms with van der Waals surface area (Å²) in [6, 6.07) is 7.32. The van der Waals surface area contributed by atoms with E-state index in [2.05, 4.69) is 17.6 Å². The molecule has 27 heavy (non-hydrogen) atoms. The summed E-state index contributed by atoms with van der Waals surface area (Å²) in [5, 5.41) is 5.82. The van der Waals surface area contributed by atoms with E-state index in [9.17, 15) is 9.59 Å². The number of hydrogen-bond donors (Lipinski definition) is 2. The molecule has 1 heterocycles. The molecule has 7 heteroatoms. The number of urea groups is 1. The van der Waals surface area contributed by atoms with E-state index in [4.69, 9.17) is 9.47 Å². The summed E-state index contributed by atoms with van der Waals surface area (Å²) >= 11 is 0. The van der Waals surface area contributed by atoms with Gasteiger partial charge in [-0.1, -0.05) is 19.1 Å². The number of amides is 3. The van der Waals surface area contributed by atoms with E-state index in [0.717, 1.165) is 6.42 Å². The first-order valence-electron chi connectivity index (χ1n) is 9.51. The van der Waals surface area contributed by atoms with E-state index >= 15 is 0 Å².